The normalized spacial score (nSPS) is 29.5. The highest BCUT2D eigenvalue weighted by atomic mass is 16.3. The molecule has 0 radical (unpaired) electrons. The third kappa shape index (κ3) is 2.02. The van der Waals surface area contributed by atoms with Gasteiger partial charge >= 0.3 is 0 Å². The van der Waals surface area contributed by atoms with Crippen LogP contribution in [-0.4, -0.2) is 23.1 Å². The van der Waals surface area contributed by atoms with Crippen LogP contribution < -0.4 is 10.6 Å². The van der Waals surface area contributed by atoms with Crippen LogP contribution in [0.3, 0.4) is 0 Å². The molecule has 2 aliphatic heterocycles. The lowest BCUT2D eigenvalue weighted by Gasteiger charge is -2.20. The molecule has 18 heavy (non-hydrogen) atoms. The summed E-state index contributed by atoms with van der Waals surface area (Å²) in [5, 5.41) is 15.7. The molecule has 3 N–H and O–H groups in total. The maximum atomic E-state index is 12.2. The van der Waals surface area contributed by atoms with E-state index in [0.717, 1.165) is 24.1 Å². The molecule has 1 aromatic carbocycles. The summed E-state index contributed by atoms with van der Waals surface area (Å²) >= 11 is 0. The van der Waals surface area contributed by atoms with Crippen molar-refractivity contribution < 1.29 is 9.90 Å². The molecule has 4 nitrogen and oxygen atoms in total. The maximum Gasteiger partial charge on any atom is 0.229 e. The SMILES string of the molecule is O=C(Nc1ccccc1CO)C1CC2CCC1N2. The number of anilines is 1. The molecular weight excluding hydrogens is 228 g/mol. The summed E-state index contributed by atoms with van der Waals surface area (Å²) in [5.74, 6) is 0.158. The molecule has 3 unspecified atom stereocenters. The second-order valence-corrected chi connectivity index (χ2v) is 5.19. The molecule has 4 heteroatoms. The molecule has 0 aromatic heterocycles. The predicted octanol–water partition coefficient (Wildman–Crippen LogP) is 1.26. The highest BCUT2D eigenvalue weighted by molar-refractivity contribution is 5.94. The Hall–Kier alpha value is -1.39. The molecule has 0 saturated carbocycles. The summed E-state index contributed by atoms with van der Waals surface area (Å²) in [4.78, 5) is 12.2. The minimum absolute atomic E-state index is 0.0502. The number of hydrogen-bond acceptors (Lipinski definition) is 3. The van der Waals surface area contributed by atoms with Gasteiger partial charge in [-0.2, -0.15) is 0 Å². The van der Waals surface area contributed by atoms with E-state index in [1.807, 2.05) is 24.3 Å². The summed E-state index contributed by atoms with van der Waals surface area (Å²) in [6.45, 7) is -0.0502. The standard InChI is InChI=1S/C14H18N2O2/c17-8-9-3-1-2-4-12(9)16-14(18)11-7-10-5-6-13(11)15-10/h1-4,10-11,13,15,17H,5-8H2,(H,16,18). The molecule has 0 aliphatic carbocycles. The first-order chi connectivity index (χ1) is 8.78. The van der Waals surface area contributed by atoms with Crippen LogP contribution in [0.1, 0.15) is 24.8 Å². The summed E-state index contributed by atoms with van der Waals surface area (Å²) in [7, 11) is 0. The van der Waals surface area contributed by atoms with Gasteiger partial charge in [-0.05, 0) is 25.3 Å². The molecular formula is C14H18N2O2. The highest BCUT2D eigenvalue weighted by Gasteiger charge is 2.42. The molecule has 3 atom stereocenters. The molecule has 2 fully saturated rings. The number of nitrogens with one attached hydrogen (secondary N) is 2. The van der Waals surface area contributed by atoms with Crippen LogP contribution in [0.15, 0.2) is 24.3 Å². The third-order valence-electron chi connectivity index (χ3n) is 4.08. The lowest BCUT2D eigenvalue weighted by molar-refractivity contribution is -0.120. The molecule has 0 spiro atoms. The minimum atomic E-state index is -0.0502. The molecule has 1 aromatic rings. The van der Waals surface area contributed by atoms with Crippen molar-refractivity contribution in [2.45, 2.75) is 38.0 Å². The van der Waals surface area contributed by atoms with E-state index in [-0.39, 0.29) is 18.4 Å². The van der Waals surface area contributed by atoms with Gasteiger partial charge < -0.3 is 15.7 Å². The van der Waals surface area contributed by atoms with E-state index in [2.05, 4.69) is 10.6 Å². The zero-order chi connectivity index (χ0) is 12.5. The largest absolute Gasteiger partial charge is 0.392 e. The highest BCUT2D eigenvalue weighted by Crippen LogP contribution is 2.34. The van der Waals surface area contributed by atoms with Gasteiger partial charge in [-0.25, -0.2) is 0 Å². The molecule has 2 saturated heterocycles. The van der Waals surface area contributed by atoms with Gasteiger partial charge in [-0.15, -0.1) is 0 Å². The number of rotatable bonds is 3. The van der Waals surface area contributed by atoms with Crippen molar-refractivity contribution in [3.8, 4) is 0 Å². The van der Waals surface area contributed by atoms with Crippen molar-refractivity contribution in [2.75, 3.05) is 5.32 Å². The summed E-state index contributed by atoms with van der Waals surface area (Å²) in [6, 6.07) is 8.27. The zero-order valence-corrected chi connectivity index (χ0v) is 10.2. The number of aliphatic hydroxyl groups excluding tert-OH is 1. The molecule has 2 aliphatic rings. The first kappa shape index (κ1) is 11.7. The Bertz CT molecular complexity index is 461. The Labute approximate surface area is 106 Å². The fourth-order valence-corrected chi connectivity index (χ4v) is 3.12. The van der Waals surface area contributed by atoms with Gasteiger partial charge in [-0.3, -0.25) is 4.79 Å². The first-order valence-electron chi connectivity index (χ1n) is 6.53. The Morgan fingerprint density at radius 3 is 2.89 bits per heavy atom. The number of hydrogen-bond donors (Lipinski definition) is 3. The number of fused-ring (bicyclic) bond motifs is 2. The van der Waals surface area contributed by atoms with Crippen molar-refractivity contribution in [1.29, 1.82) is 0 Å². The molecule has 2 bridgehead atoms. The van der Waals surface area contributed by atoms with Gasteiger partial charge in [0, 0.05) is 23.3 Å². The smallest absolute Gasteiger partial charge is 0.229 e. The number of para-hydroxylation sites is 1. The van der Waals surface area contributed by atoms with Crippen LogP contribution in [0.25, 0.3) is 0 Å². The van der Waals surface area contributed by atoms with Gasteiger partial charge in [0.1, 0.15) is 0 Å². The molecule has 3 rings (SSSR count). The van der Waals surface area contributed by atoms with Crippen molar-refractivity contribution in [3.05, 3.63) is 29.8 Å². The van der Waals surface area contributed by atoms with Gasteiger partial charge in [0.15, 0.2) is 0 Å². The van der Waals surface area contributed by atoms with Crippen LogP contribution in [0.4, 0.5) is 5.69 Å². The number of amides is 1. The fourth-order valence-electron chi connectivity index (χ4n) is 3.12. The number of aliphatic hydroxyl groups is 1. The van der Waals surface area contributed by atoms with E-state index in [1.165, 1.54) is 6.42 Å². The van der Waals surface area contributed by atoms with E-state index in [4.69, 9.17) is 0 Å². The summed E-state index contributed by atoms with van der Waals surface area (Å²) in [6.07, 6.45) is 3.24. The van der Waals surface area contributed by atoms with Crippen molar-refractivity contribution >= 4 is 11.6 Å². The summed E-state index contributed by atoms with van der Waals surface area (Å²) < 4.78 is 0. The van der Waals surface area contributed by atoms with Crippen LogP contribution >= 0.6 is 0 Å². The quantitative estimate of drug-likeness (QED) is 0.752. The Balaban J connectivity index is 1.71. The Morgan fingerprint density at radius 2 is 2.22 bits per heavy atom. The van der Waals surface area contributed by atoms with Crippen molar-refractivity contribution in [2.24, 2.45) is 5.92 Å². The Kier molecular flexibility index (Phi) is 3.06. The zero-order valence-electron chi connectivity index (χ0n) is 10.2. The second kappa shape index (κ2) is 4.71. The minimum Gasteiger partial charge on any atom is -0.392 e. The number of carbonyl (C=O) groups is 1. The van der Waals surface area contributed by atoms with Crippen molar-refractivity contribution in [1.82, 2.24) is 5.32 Å². The lowest BCUT2D eigenvalue weighted by Crippen LogP contribution is -2.33. The molecule has 96 valence electrons. The van der Waals surface area contributed by atoms with E-state index >= 15 is 0 Å². The average molecular weight is 246 g/mol. The number of carbonyl (C=O) groups excluding carboxylic acids is 1. The van der Waals surface area contributed by atoms with E-state index < -0.39 is 0 Å². The van der Waals surface area contributed by atoms with Crippen LogP contribution in [0.5, 0.6) is 0 Å². The molecule has 2 heterocycles. The molecule has 1 amide bonds. The topological polar surface area (TPSA) is 61.4 Å². The predicted molar refractivity (Wildman–Crippen MR) is 69.0 cm³/mol. The second-order valence-electron chi connectivity index (χ2n) is 5.19. The maximum absolute atomic E-state index is 12.2. The van der Waals surface area contributed by atoms with Gasteiger partial charge in [-0.1, -0.05) is 18.2 Å². The first-order valence-corrected chi connectivity index (χ1v) is 6.53. The van der Waals surface area contributed by atoms with Gasteiger partial charge in [0.2, 0.25) is 5.91 Å². The van der Waals surface area contributed by atoms with Gasteiger partial charge in [0.25, 0.3) is 0 Å². The Morgan fingerprint density at radius 1 is 1.39 bits per heavy atom. The van der Waals surface area contributed by atoms with E-state index in [0.29, 0.717) is 12.1 Å². The van der Waals surface area contributed by atoms with Crippen molar-refractivity contribution in [3.63, 3.8) is 0 Å². The fraction of sp³-hybridized carbons (Fsp3) is 0.500. The van der Waals surface area contributed by atoms with Crippen LogP contribution in [0, 0.1) is 5.92 Å². The lowest BCUT2D eigenvalue weighted by atomic mass is 9.88. The van der Waals surface area contributed by atoms with Gasteiger partial charge in [0.05, 0.1) is 12.5 Å². The average Bonchev–Trinajstić information content (AvgIpc) is 3.01. The number of benzene rings is 1. The summed E-state index contributed by atoms with van der Waals surface area (Å²) in [5.41, 5.74) is 1.50. The van der Waals surface area contributed by atoms with Crippen LogP contribution in [-0.2, 0) is 11.4 Å². The van der Waals surface area contributed by atoms with Crippen LogP contribution in [0.2, 0.25) is 0 Å². The van der Waals surface area contributed by atoms with E-state index in [9.17, 15) is 9.90 Å². The monoisotopic (exact) mass is 246 g/mol. The third-order valence-corrected chi connectivity index (χ3v) is 4.08. The van der Waals surface area contributed by atoms with E-state index in [1.54, 1.807) is 0 Å².